The normalized spacial score (nSPS) is 17.2. The summed E-state index contributed by atoms with van der Waals surface area (Å²) >= 11 is 0. The van der Waals surface area contributed by atoms with E-state index in [0.717, 1.165) is 11.3 Å². The van der Waals surface area contributed by atoms with Crippen LogP contribution in [0.5, 0.6) is 0 Å². The van der Waals surface area contributed by atoms with Crippen molar-refractivity contribution in [1.29, 1.82) is 0 Å². The van der Waals surface area contributed by atoms with Gasteiger partial charge in [0.05, 0.1) is 17.4 Å². The summed E-state index contributed by atoms with van der Waals surface area (Å²) in [5.74, 6) is -0.410. The third-order valence-electron chi connectivity index (χ3n) is 4.11. The van der Waals surface area contributed by atoms with E-state index in [-0.39, 0.29) is 11.8 Å². The first-order valence-corrected chi connectivity index (χ1v) is 8.21. The molecule has 130 valence electrons. The van der Waals surface area contributed by atoms with E-state index in [0.29, 0.717) is 30.9 Å². The maximum atomic E-state index is 12.8. The van der Waals surface area contributed by atoms with Crippen LogP contribution in [-0.2, 0) is 4.79 Å². The average molecular weight is 339 g/mol. The summed E-state index contributed by atoms with van der Waals surface area (Å²) in [6.07, 6.45) is 4.85. The molecule has 0 spiro atoms. The van der Waals surface area contributed by atoms with Crippen molar-refractivity contribution < 1.29 is 9.59 Å². The fraction of sp³-hybridized carbons (Fsp3) is 0.333. The number of aromatic nitrogens is 2. The highest BCUT2D eigenvalue weighted by Crippen LogP contribution is 2.14. The molecule has 25 heavy (non-hydrogen) atoms. The van der Waals surface area contributed by atoms with E-state index < -0.39 is 6.04 Å². The molecule has 7 nitrogen and oxygen atoms in total. The molecule has 1 atom stereocenters. The first-order chi connectivity index (χ1) is 12.0. The van der Waals surface area contributed by atoms with Crippen molar-refractivity contribution in [3.05, 3.63) is 53.6 Å². The zero-order chi connectivity index (χ0) is 17.8. The second-order valence-electron chi connectivity index (χ2n) is 6.15. The maximum absolute atomic E-state index is 12.8. The van der Waals surface area contributed by atoms with Crippen molar-refractivity contribution in [3.8, 4) is 0 Å². The number of piperazine rings is 1. The molecule has 3 heterocycles. The number of carbonyl (C=O) groups excluding carboxylic acids is 2. The van der Waals surface area contributed by atoms with Gasteiger partial charge >= 0.3 is 0 Å². The summed E-state index contributed by atoms with van der Waals surface area (Å²) in [5, 5.41) is 6.01. The Morgan fingerprint density at radius 1 is 1.24 bits per heavy atom. The van der Waals surface area contributed by atoms with Crippen LogP contribution in [0.25, 0.3) is 0 Å². The van der Waals surface area contributed by atoms with Crippen molar-refractivity contribution >= 4 is 17.5 Å². The van der Waals surface area contributed by atoms with Crippen LogP contribution >= 0.6 is 0 Å². The molecule has 1 aliphatic heterocycles. The number of nitrogens with zero attached hydrogens (tertiary/aromatic N) is 3. The van der Waals surface area contributed by atoms with Gasteiger partial charge in [0.25, 0.3) is 5.91 Å². The maximum Gasteiger partial charge on any atom is 0.256 e. The molecule has 0 bridgehead atoms. The molecular weight excluding hydrogens is 318 g/mol. The number of amides is 2. The van der Waals surface area contributed by atoms with Crippen LogP contribution in [0.15, 0.2) is 36.8 Å². The Morgan fingerprint density at radius 2 is 2.08 bits per heavy atom. The van der Waals surface area contributed by atoms with Crippen molar-refractivity contribution in [2.45, 2.75) is 19.9 Å². The number of carbonyl (C=O) groups is 2. The van der Waals surface area contributed by atoms with Gasteiger partial charge in [-0.15, -0.1) is 0 Å². The molecule has 2 aromatic heterocycles. The Bertz CT molecular complexity index is 775. The third-order valence-corrected chi connectivity index (χ3v) is 4.11. The van der Waals surface area contributed by atoms with Crippen LogP contribution < -0.4 is 10.6 Å². The highest BCUT2D eigenvalue weighted by Gasteiger charge is 2.32. The van der Waals surface area contributed by atoms with E-state index in [1.807, 2.05) is 19.9 Å². The highest BCUT2D eigenvalue weighted by molar-refractivity contribution is 6.01. The lowest BCUT2D eigenvalue weighted by Gasteiger charge is -2.35. The topological polar surface area (TPSA) is 87.2 Å². The lowest BCUT2D eigenvalue weighted by atomic mass is 10.1. The van der Waals surface area contributed by atoms with Gasteiger partial charge in [-0.25, -0.2) is 0 Å². The van der Waals surface area contributed by atoms with Crippen LogP contribution in [0, 0.1) is 13.8 Å². The van der Waals surface area contributed by atoms with Crippen LogP contribution in [0.1, 0.15) is 21.6 Å². The highest BCUT2D eigenvalue weighted by atomic mass is 16.2. The molecule has 0 radical (unpaired) electrons. The molecule has 0 unspecified atom stereocenters. The number of nitrogens with one attached hydrogen (secondary N) is 2. The molecule has 3 rings (SSSR count). The van der Waals surface area contributed by atoms with Gasteiger partial charge in [-0.1, -0.05) is 0 Å². The lowest BCUT2D eigenvalue weighted by molar-refractivity contribution is -0.121. The standard InChI is InChI=1S/C18H21N5O2/c1-12-7-14(9-20-8-12)18(25)23-6-5-19-11-16(23)17(24)22-15-4-3-13(2)21-10-15/h3-4,7-10,16,19H,5-6,11H2,1-2H3,(H,22,24)/t16-/m0/s1. The van der Waals surface area contributed by atoms with Crippen LogP contribution in [0.3, 0.4) is 0 Å². The molecular formula is C18H21N5O2. The molecule has 1 aliphatic rings. The molecule has 0 aromatic carbocycles. The molecule has 2 amide bonds. The van der Waals surface area contributed by atoms with E-state index in [9.17, 15) is 9.59 Å². The predicted octanol–water partition coefficient (Wildman–Crippen LogP) is 1.15. The van der Waals surface area contributed by atoms with E-state index in [1.54, 1.807) is 29.4 Å². The summed E-state index contributed by atoms with van der Waals surface area (Å²) < 4.78 is 0. The van der Waals surface area contributed by atoms with Gasteiger partial charge < -0.3 is 15.5 Å². The minimum atomic E-state index is -0.580. The molecule has 0 saturated carbocycles. The predicted molar refractivity (Wildman–Crippen MR) is 94.3 cm³/mol. The quantitative estimate of drug-likeness (QED) is 0.876. The number of pyridine rings is 2. The molecule has 7 heteroatoms. The molecule has 1 fully saturated rings. The fourth-order valence-corrected chi connectivity index (χ4v) is 2.79. The van der Waals surface area contributed by atoms with Gasteiger partial charge in [0.15, 0.2) is 0 Å². The largest absolute Gasteiger partial charge is 0.324 e. The van der Waals surface area contributed by atoms with Crippen molar-refractivity contribution in [2.24, 2.45) is 0 Å². The summed E-state index contributed by atoms with van der Waals surface area (Å²) in [5.41, 5.74) is 2.90. The van der Waals surface area contributed by atoms with Crippen molar-refractivity contribution in [3.63, 3.8) is 0 Å². The Kier molecular flexibility index (Phi) is 5.04. The zero-order valence-corrected chi connectivity index (χ0v) is 14.3. The van der Waals surface area contributed by atoms with Gasteiger partial charge in [0.2, 0.25) is 5.91 Å². The third kappa shape index (κ3) is 4.00. The minimum Gasteiger partial charge on any atom is -0.324 e. The van der Waals surface area contributed by atoms with Gasteiger partial charge in [0, 0.05) is 37.7 Å². The van der Waals surface area contributed by atoms with E-state index >= 15 is 0 Å². The second-order valence-corrected chi connectivity index (χ2v) is 6.15. The Morgan fingerprint density at radius 3 is 2.80 bits per heavy atom. The second kappa shape index (κ2) is 7.40. The average Bonchev–Trinajstić information content (AvgIpc) is 2.63. The fourth-order valence-electron chi connectivity index (χ4n) is 2.79. The molecule has 0 aliphatic carbocycles. The molecule has 2 aromatic rings. The monoisotopic (exact) mass is 339 g/mol. The lowest BCUT2D eigenvalue weighted by Crippen LogP contribution is -2.58. The summed E-state index contributed by atoms with van der Waals surface area (Å²) in [6.45, 7) is 5.30. The zero-order valence-electron chi connectivity index (χ0n) is 14.3. The molecule has 1 saturated heterocycles. The summed E-state index contributed by atoms with van der Waals surface area (Å²) in [7, 11) is 0. The Balaban J connectivity index is 1.77. The number of hydrogen-bond donors (Lipinski definition) is 2. The van der Waals surface area contributed by atoms with Crippen molar-refractivity contribution in [1.82, 2.24) is 20.2 Å². The summed E-state index contributed by atoms with van der Waals surface area (Å²) in [4.78, 5) is 35.4. The molecule has 2 N–H and O–H groups in total. The van der Waals surface area contributed by atoms with E-state index in [1.165, 1.54) is 6.20 Å². The van der Waals surface area contributed by atoms with E-state index in [4.69, 9.17) is 0 Å². The SMILES string of the molecule is Cc1cncc(C(=O)N2CCNC[C@H]2C(=O)Nc2ccc(C)nc2)c1. The number of hydrogen-bond acceptors (Lipinski definition) is 5. The Labute approximate surface area is 146 Å². The Hall–Kier alpha value is -2.80. The van der Waals surface area contributed by atoms with Gasteiger partial charge in [0.1, 0.15) is 6.04 Å². The van der Waals surface area contributed by atoms with Crippen LogP contribution in [0.4, 0.5) is 5.69 Å². The number of aryl methyl sites for hydroxylation is 2. The minimum absolute atomic E-state index is 0.181. The van der Waals surface area contributed by atoms with Gasteiger partial charge in [-0.05, 0) is 37.6 Å². The van der Waals surface area contributed by atoms with Gasteiger partial charge in [-0.2, -0.15) is 0 Å². The summed E-state index contributed by atoms with van der Waals surface area (Å²) in [6, 6.07) is 4.84. The van der Waals surface area contributed by atoms with Crippen LogP contribution in [-0.4, -0.2) is 52.4 Å². The number of anilines is 1. The first-order valence-electron chi connectivity index (χ1n) is 8.21. The van der Waals surface area contributed by atoms with Gasteiger partial charge in [-0.3, -0.25) is 19.6 Å². The smallest absolute Gasteiger partial charge is 0.256 e. The van der Waals surface area contributed by atoms with E-state index in [2.05, 4.69) is 20.6 Å². The van der Waals surface area contributed by atoms with Crippen molar-refractivity contribution in [2.75, 3.05) is 25.0 Å². The first kappa shape index (κ1) is 17.0. The van der Waals surface area contributed by atoms with Crippen LogP contribution in [0.2, 0.25) is 0 Å². The number of rotatable bonds is 3.